The van der Waals surface area contributed by atoms with Crippen molar-refractivity contribution in [1.82, 2.24) is 33.5 Å². The number of carboxylic acids is 1. The highest BCUT2D eigenvalue weighted by molar-refractivity contribution is 6.07. The minimum absolute atomic E-state index is 0.0202. The molecule has 6 aromatic rings. The first kappa shape index (κ1) is 79.6. The summed E-state index contributed by atoms with van der Waals surface area (Å²) in [5, 5.41) is 17.4. The van der Waals surface area contributed by atoms with E-state index in [4.69, 9.17) is 52.6 Å². The van der Waals surface area contributed by atoms with Crippen molar-refractivity contribution in [1.29, 1.82) is 0 Å². The number of nitrogens with one attached hydrogen (secondary N) is 3. The van der Waals surface area contributed by atoms with Crippen LogP contribution in [0.25, 0.3) is 11.1 Å². The molecule has 31 nitrogen and oxygen atoms in total. The average Bonchev–Trinajstić information content (AvgIpc) is 1.59. The molecule has 3 unspecified atom stereocenters. The number of fused-ring (bicyclic) bond motifs is 4. The number of aromatic carboxylic acids is 1. The summed E-state index contributed by atoms with van der Waals surface area (Å²) in [5.74, 6) is -1.38. The van der Waals surface area contributed by atoms with E-state index in [1.165, 1.54) is 39.8 Å². The number of imidazole rings is 2. The number of carbonyl (C=O) groups excluding carboxylic acids is 9. The number of benzene rings is 3. The number of aryl methyl sites for hydroxylation is 6. The van der Waals surface area contributed by atoms with Gasteiger partial charge in [-0.1, -0.05) is 37.4 Å². The zero-order valence-electron chi connectivity index (χ0n) is 61.8. The molecule has 7 amide bonds. The van der Waals surface area contributed by atoms with Gasteiger partial charge in [0.15, 0.2) is 36.7 Å². The normalized spacial score (nSPS) is 19.4. The smallest absolute Gasteiger partial charge is 0.416 e. The van der Waals surface area contributed by atoms with Gasteiger partial charge in [0.25, 0.3) is 17.7 Å². The molecule has 3 aromatic carbocycles. The number of rotatable bonds is 24. The van der Waals surface area contributed by atoms with E-state index in [0.29, 0.717) is 116 Å². The molecule has 4 saturated heterocycles. The van der Waals surface area contributed by atoms with Gasteiger partial charge < -0.3 is 82.5 Å². The van der Waals surface area contributed by atoms with Crippen LogP contribution in [0.5, 0.6) is 11.5 Å². The Kier molecular flexibility index (Phi) is 27.6. The summed E-state index contributed by atoms with van der Waals surface area (Å²) in [6.07, 6.45) is 15.0. The molecule has 0 saturated carbocycles. The van der Waals surface area contributed by atoms with Gasteiger partial charge in [-0.15, -0.1) is 0 Å². The largest absolute Gasteiger partial charge is 0.493 e. The number of carboxylic acid groups (broad SMARTS) is 1. The van der Waals surface area contributed by atoms with Crippen LogP contribution in [0, 0.1) is 20.8 Å². The highest BCUT2D eigenvalue weighted by Gasteiger charge is 2.49. The molecular weight excluding hydrogens is 1400 g/mol. The van der Waals surface area contributed by atoms with Gasteiger partial charge >= 0.3 is 24.3 Å². The van der Waals surface area contributed by atoms with Crippen LogP contribution in [0.1, 0.15) is 162 Å². The van der Waals surface area contributed by atoms with E-state index < -0.39 is 61.2 Å². The van der Waals surface area contributed by atoms with Crippen molar-refractivity contribution >= 4 is 82.5 Å². The number of hydrogen-bond acceptors (Lipinski definition) is 20. The van der Waals surface area contributed by atoms with Crippen LogP contribution in [0.15, 0.2) is 98.5 Å². The highest BCUT2D eigenvalue weighted by Crippen LogP contribution is 2.43. The molecule has 3 aromatic heterocycles. The first-order valence-corrected chi connectivity index (χ1v) is 36.4. The van der Waals surface area contributed by atoms with Gasteiger partial charge in [0.05, 0.1) is 47.8 Å². The second-order valence-electron chi connectivity index (χ2n) is 27.0. The fourth-order valence-corrected chi connectivity index (χ4v) is 13.9. The van der Waals surface area contributed by atoms with E-state index in [1.807, 2.05) is 57.0 Å². The van der Waals surface area contributed by atoms with Crippen LogP contribution in [-0.4, -0.2) is 182 Å². The summed E-state index contributed by atoms with van der Waals surface area (Å²) >= 11 is 0. The van der Waals surface area contributed by atoms with E-state index in [9.17, 15) is 38.4 Å². The highest BCUT2D eigenvalue weighted by atomic mass is 16.7. The third-order valence-corrected chi connectivity index (χ3v) is 19.3. The molecule has 576 valence electrons. The molecule has 0 aliphatic carbocycles. The van der Waals surface area contributed by atoms with E-state index in [2.05, 4.69) is 55.9 Å². The number of piperidine rings is 2. The number of ether oxygens (including phenoxy) is 8. The van der Waals surface area contributed by atoms with Crippen molar-refractivity contribution in [2.75, 3.05) is 78.5 Å². The van der Waals surface area contributed by atoms with Crippen LogP contribution < -0.4 is 35.2 Å². The lowest BCUT2D eigenvalue weighted by molar-refractivity contribution is -0.199. The third-order valence-electron chi connectivity index (χ3n) is 19.3. The zero-order chi connectivity index (χ0) is 77.1. The number of aromatic nitrogens is 5. The lowest BCUT2D eigenvalue weighted by atomic mass is 10.00. The Labute approximate surface area is 625 Å². The van der Waals surface area contributed by atoms with Crippen molar-refractivity contribution in [3.8, 4) is 22.6 Å². The number of hydrogen-bond donors (Lipinski definition) is 4. The number of anilines is 5. The molecule has 4 N–H and O–H groups in total. The van der Waals surface area contributed by atoms with Gasteiger partial charge in [-0.05, 0) is 163 Å². The minimum Gasteiger partial charge on any atom is -0.493 e. The van der Waals surface area contributed by atoms with Gasteiger partial charge in [-0.3, -0.25) is 24.0 Å². The van der Waals surface area contributed by atoms with Crippen LogP contribution in [0.4, 0.5) is 38.3 Å². The molecule has 0 radical (unpaired) electrons. The fourth-order valence-electron chi connectivity index (χ4n) is 13.9. The molecule has 12 rings (SSSR count). The second kappa shape index (κ2) is 37.5. The van der Waals surface area contributed by atoms with Gasteiger partial charge in [0.2, 0.25) is 23.5 Å². The second-order valence-corrected chi connectivity index (χ2v) is 27.0. The molecule has 108 heavy (non-hydrogen) atoms. The SMILES string of the molecule is C=CCOC(=O)N1c2cc(OCCCC(=O)Nc3cn(C)c(C(=O)Nc4ccc(-c5cc(C)n(C)c5)cc4)n3)c(C)cc2C(=O)N2CCCC[C@H]2[C@@H]1OC1CCCCO1.C=CCOC(=O)N1c2cc(OCCCC(=O)Nc3cn(C)c(C(=O)O)n3)c(C)cc2C(=O)N2CCCC[C@H]2C1OC1CCCCO1.O=C=O. The molecular formula is C77H94N12O19. The van der Waals surface area contributed by atoms with Crippen molar-refractivity contribution in [3.63, 3.8) is 0 Å². The van der Waals surface area contributed by atoms with Crippen molar-refractivity contribution in [2.24, 2.45) is 21.1 Å². The molecule has 6 aliphatic heterocycles. The number of nitrogens with zero attached hydrogens (tertiary/aromatic N) is 9. The summed E-state index contributed by atoms with van der Waals surface area (Å²) in [4.78, 5) is 137. The number of carbonyl (C=O) groups is 8. The topological polar surface area (TPSA) is 354 Å². The van der Waals surface area contributed by atoms with Crippen LogP contribution in [-0.2, 0) is 68.7 Å². The molecule has 9 heterocycles. The van der Waals surface area contributed by atoms with Crippen molar-refractivity contribution in [3.05, 3.63) is 138 Å². The summed E-state index contributed by atoms with van der Waals surface area (Å²) < 4.78 is 53.3. The summed E-state index contributed by atoms with van der Waals surface area (Å²) in [6, 6.07) is 15.7. The van der Waals surface area contributed by atoms with Gasteiger partial charge in [-0.25, -0.2) is 34.2 Å². The van der Waals surface area contributed by atoms with E-state index >= 15 is 0 Å². The van der Waals surface area contributed by atoms with Gasteiger partial charge in [0.1, 0.15) is 24.7 Å². The quantitative estimate of drug-likeness (QED) is 0.0323. The molecule has 31 heteroatoms. The Morgan fingerprint density at radius 3 is 1.45 bits per heavy atom. The van der Waals surface area contributed by atoms with E-state index in [-0.39, 0.29) is 92.3 Å². The fraction of sp³-hybridized carbons (Fsp3) is 0.468. The first-order chi connectivity index (χ1) is 52.1. The lowest BCUT2D eigenvalue weighted by Crippen LogP contribution is -2.57. The average molecular weight is 1490 g/mol. The van der Waals surface area contributed by atoms with Crippen LogP contribution in [0.2, 0.25) is 0 Å². The Hall–Kier alpha value is -11.0. The molecule has 6 aliphatic rings. The van der Waals surface area contributed by atoms with Gasteiger partial charge in [-0.2, -0.15) is 9.59 Å². The van der Waals surface area contributed by atoms with E-state index in [1.54, 1.807) is 47.0 Å². The Morgan fingerprint density at radius 1 is 0.583 bits per heavy atom. The number of amides is 7. The molecule has 4 fully saturated rings. The maximum atomic E-state index is 14.2. The third kappa shape index (κ3) is 19.6. The molecule has 6 atom stereocenters. The predicted octanol–water partition coefficient (Wildman–Crippen LogP) is 10.7. The first-order valence-electron chi connectivity index (χ1n) is 36.4. The van der Waals surface area contributed by atoms with Gasteiger partial charge in [0, 0.05) is 102 Å². The Bertz CT molecular complexity index is 4260. The summed E-state index contributed by atoms with van der Waals surface area (Å²) in [6.45, 7) is 15.6. The molecule has 0 bridgehead atoms. The minimum atomic E-state index is -1.20. The Morgan fingerprint density at radius 2 is 1.04 bits per heavy atom. The molecule has 0 spiro atoms. The van der Waals surface area contributed by atoms with E-state index in [0.717, 1.165) is 68.2 Å². The maximum absolute atomic E-state index is 14.2. The summed E-state index contributed by atoms with van der Waals surface area (Å²) in [5.41, 5.74) is 6.63. The lowest BCUT2D eigenvalue weighted by Gasteiger charge is -2.42. The van der Waals surface area contributed by atoms with Crippen molar-refractivity contribution < 1.29 is 90.9 Å². The Balaban J connectivity index is 0.000000229. The van der Waals surface area contributed by atoms with Crippen LogP contribution in [0.3, 0.4) is 0 Å². The maximum Gasteiger partial charge on any atom is 0.416 e. The van der Waals surface area contributed by atoms with Crippen LogP contribution >= 0.6 is 0 Å². The monoisotopic (exact) mass is 1490 g/mol. The predicted molar refractivity (Wildman–Crippen MR) is 393 cm³/mol. The standard InChI is InChI=1S/C44H53N7O8.C32H41N5O9.CO2/c1-6-20-58-44(55)51-35-25-36(28(2)23-33(35)42(54)50-19-9-7-12-34(50)43(51)59-39-14-8-10-21-57-39)56-22-11-13-38(52)46-37-27-49(5)40(47-37)41(53)45-32-17-15-30(16-18-32)31-24-29(3)48(4)26-31;1-4-14-45-32(42)37-23-18-24(43-16-9-11-26(38)33-25-19-35(3)28(34-25)31(40)41)20(2)17-21(23)29(39)36-13-7-5-10-22(36)30(37)46-27-12-6-8-15-44-27;2-1-3/h6,15-18,23-27,34,39,43H,1,7-14,19-22H2,2-5H3,(H,45,53)(H,46,52);4,17-19,22,27,30H,1,5-16H2,2-3H3,(H,33,38)(H,40,41);/t34-,39?,43-;22-,27?,30?;/m00./s1. The zero-order valence-corrected chi connectivity index (χ0v) is 61.8. The van der Waals surface area contributed by atoms with Crippen molar-refractivity contribution in [2.45, 2.75) is 161 Å². The summed E-state index contributed by atoms with van der Waals surface area (Å²) in [7, 11) is 5.21.